The Morgan fingerprint density at radius 2 is 1.80 bits per heavy atom. The molecule has 25 heavy (non-hydrogen) atoms. The Balaban J connectivity index is 1.66. The predicted octanol–water partition coefficient (Wildman–Crippen LogP) is 0.465. The lowest BCUT2D eigenvalue weighted by Gasteiger charge is -2.27. The average Bonchev–Trinajstić information content (AvgIpc) is 2.87. The first-order chi connectivity index (χ1) is 12.1. The summed E-state index contributed by atoms with van der Waals surface area (Å²) in [5.74, 6) is -1.91. The number of imide groups is 2. The molecule has 128 valence electrons. The molecule has 3 heterocycles. The Bertz CT molecular complexity index is 843. The van der Waals surface area contributed by atoms with Crippen LogP contribution >= 0.6 is 0 Å². The number of piperidine rings is 1. The fraction of sp³-hybridized carbons (Fsp3) is 0.333. The van der Waals surface area contributed by atoms with E-state index in [0.29, 0.717) is 11.1 Å². The van der Waals surface area contributed by atoms with E-state index < -0.39 is 23.8 Å². The molecule has 0 aliphatic carbocycles. The molecule has 0 bridgehead atoms. The molecule has 0 radical (unpaired) electrons. The van der Waals surface area contributed by atoms with Gasteiger partial charge in [-0.25, -0.2) is 0 Å². The lowest BCUT2D eigenvalue weighted by molar-refractivity contribution is -0.136. The lowest BCUT2D eigenvalue weighted by atomic mass is 9.96. The molecule has 1 saturated heterocycles. The van der Waals surface area contributed by atoms with Crippen molar-refractivity contribution in [3.05, 3.63) is 41.0 Å². The summed E-state index contributed by atoms with van der Waals surface area (Å²) in [5, 5.41) is 5.43. The average molecular weight is 339 g/mol. The zero-order valence-electron chi connectivity index (χ0n) is 13.5. The third kappa shape index (κ3) is 2.56. The number of hydrogen-bond donors (Lipinski definition) is 2. The molecule has 4 amide bonds. The molecule has 3 aliphatic heterocycles. The first kappa shape index (κ1) is 15.7. The van der Waals surface area contributed by atoms with Crippen molar-refractivity contribution in [3.63, 3.8) is 0 Å². The summed E-state index contributed by atoms with van der Waals surface area (Å²) in [6.45, 7) is 1.65. The Morgan fingerprint density at radius 3 is 2.52 bits per heavy atom. The Hall–Kier alpha value is -2.80. The van der Waals surface area contributed by atoms with Crippen molar-refractivity contribution < 1.29 is 19.2 Å². The molecule has 4 rings (SSSR count). The molecular formula is C18H17N3O4. The van der Waals surface area contributed by atoms with Gasteiger partial charge in [-0.1, -0.05) is 12.1 Å². The van der Waals surface area contributed by atoms with E-state index in [0.717, 1.165) is 35.5 Å². The van der Waals surface area contributed by atoms with Gasteiger partial charge < -0.3 is 5.32 Å². The highest BCUT2D eigenvalue weighted by Gasteiger charge is 2.44. The van der Waals surface area contributed by atoms with Crippen LogP contribution in [0.1, 0.15) is 45.5 Å². The third-order valence-corrected chi connectivity index (χ3v) is 4.87. The van der Waals surface area contributed by atoms with Crippen molar-refractivity contribution in [1.29, 1.82) is 0 Å². The number of rotatable bonds is 2. The van der Waals surface area contributed by atoms with Gasteiger partial charge in [-0.05, 0) is 42.7 Å². The summed E-state index contributed by atoms with van der Waals surface area (Å²) in [4.78, 5) is 49.8. The number of amides is 4. The zero-order chi connectivity index (χ0) is 17.6. The molecule has 0 spiro atoms. The number of hydrogen-bond acceptors (Lipinski definition) is 5. The summed E-state index contributed by atoms with van der Waals surface area (Å²) >= 11 is 0. The molecule has 0 aromatic heterocycles. The van der Waals surface area contributed by atoms with Crippen LogP contribution in [0.25, 0.3) is 5.57 Å². The van der Waals surface area contributed by atoms with Crippen LogP contribution < -0.4 is 10.6 Å². The first-order valence-corrected chi connectivity index (χ1v) is 8.32. The van der Waals surface area contributed by atoms with Gasteiger partial charge in [0.2, 0.25) is 11.8 Å². The van der Waals surface area contributed by atoms with Crippen molar-refractivity contribution in [2.24, 2.45) is 0 Å². The minimum atomic E-state index is -0.924. The fourth-order valence-corrected chi connectivity index (χ4v) is 3.56. The molecule has 7 nitrogen and oxygen atoms in total. The van der Waals surface area contributed by atoms with Gasteiger partial charge in [0.1, 0.15) is 6.04 Å². The number of nitrogens with one attached hydrogen (secondary N) is 2. The summed E-state index contributed by atoms with van der Waals surface area (Å²) in [6.07, 6.45) is 3.22. The van der Waals surface area contributed by atoms with Crippen molar-refractivity contribution in [3.8, 4) is 0 Å². The Morgan fingerprint density at radius 1 is 1.00 bits per heavy atom. The number of nitrogens with zero attached hydrogens (tertiary/aromatic N) is 1. The van der Waals surface area contributed by atoms with Gasteiger partial charge in [0.15, 0.2) is 0 Å². The van der Waals surface area contributed by atoms with E-state index in [4.69, 9.17) is 0 Å². The van der Waals surface area contributed by atoms with Crippen molar-refractivity contribution in [2.45, 2.75) is 25.3 Å². The van der Waals surface area contributed by atoms with Gasteiger partial charge in [-0.3, -0.25) is 29.4 Å². The van der Waals surface area contributed by atoms with E-state index in [-0.39, 0.29) is 18.7 Å². The SMILES string of the molecule is O=C1CCC(N2C(=O)c3ccc(C4=CCNCC4)cc3C2=O)C(=O)N1. The maximum absolute atomic E-state index is 12.8. The standard InChI is InChI=1S/C18H17N3O4/c22-15-4-3-14(16(23)20-15)21-17(24)12-2-1-11(9-13(12)18(21)25)10-5-7-19-8-6-10/h1-2,5,9,14,19H,3-4,6-8H2,(H,20,22,23). The van der Waals surface area contributed by atoms with E-state index >= 15 is 0 Å². The quantitative estimate of drug-likeness (QED) is 0.764. The molecule has 0 saturated carbocycles. The van der Waals surface area contributed by atoms with Crippen molar-refractivity contribution in [2.75, 3.05) is 13.1 Å². The van der Waals surface area contributed by atoms with E-state index in [1.165, 1.54) is 0 Å². The first-order valence-electron chi connectivity index (χ1n) is 8.32. The van der Waals surface area contributed by atoms with Crippen LogP contribution in [0.5, 0.6) is 0 Å². The zero-order valence-corrected chi connectivity index (χ0v) is 13.5. The van der Waals surface area contributed by atoms with Gasteiger partial charge in [-0.2, -0.15) is 0 Å². The molecule has 3 aliphatic rings. The number of carbonyl (C=O) groups excluding carboxylic acids is 4. The number of fused-ring (bicyclic) bond motifs is 1. The Labute approximate surface area is 144 Å². The second-order valence-electron chi connectivity index (χ2n) is 6.39. The van der Waals surface area contributed by atoms with E-state index in [9.17, 15) is 19.2 Å². The van der Waals surface area contributed by atoms with Crippen LogP contribution in [-0.2, 0) is 9.59 Å². The molecule has 1 aromatic carbocycles. The van der Waals surface area contributed by atoms with Crippen molar-refractivity contribution in [1.82, 2.24) is 15.5 Å². The van der Waals surface area contributed by atoms with E-state index in [1.54, 1.807) is 12.1 Å². The molecule has 1 fully saturated rings. The van der Waals surface area contributed by atoms with Gasteiger partial charge in [0.25, 0.3) is 11.8 Å². The van der Waals surface area contributed by atoms with Crippen LogP contribution in [0.2, 0.25) is 0 Å². The Kier molecular flexibility index (Phi) is 3.73. The highest BCUT2D eigenvalue weighted by Crippen LogP contribution is 2.30. The molecule has 2 N–H and O–H groups in total. The van der Waals surface area contributed by atoms with Gasteiger partial charge in [-0.15, -0.1) is 0 Å². The lowest BCUT2D eigenvalue weighted by Crippen LogP contribution is -2.54. The van der Waals surface area contributed by atoms with Crippen molar-refractivity contribution >= 4 is 29.2 Å². The number of carbonyl (C=O) groups is 4. The van der Waals surface area contributed by atoms with Crippen LogP contribution in [0.3, 0.4) is 0 Å². The molecule has 7 heteroatoms. The molecule has 1 atom stereocenters. The third-order valence-electron chi connectivity index (χ3n) is 4.87. The molecule has 1 unspecified atom stereocenters. The summed E-state index contributed by atoms with van der Waals surface area (Å²) in [6, 6.07) is 4.31. The monoisotopic (exact) mass is 339 g/mol. The van der Waals surface area contributed by atoms with Gasteiger partial charge in [0, 0.05) is 13.0 Å². The highest BCUT2D eigenvalue weighted by atomic mass is 16.2. The van der Waals surface area contributed by atoms with E-state index in [1.807, 2.05) is 6.07 Å². The van der Waals surface area contributed by atoms with Crippen LogP contribution in [0.15, 0.2) is 24.3 Å². The van der Waals surface area contributed by atoms with Gasteiger partial charge in [0.05, 0.1) is 11.1 Å². The second kappa shape index (κ2) is 5.93. The highest BCUT2D eigenvalue weighted by molar-refractivity contribution is 6.23. The molecule has 1 aromatic rings. The smallest absolute Gasteiger partial charge is 0.262 e. The molecular weight excluding hydrogens is 322 g/mol. The predicted molar refractivity (Wildman–Crippen MR) is 88.6 cm³/mol. The van der Waals surface area contributed by atoms with Crippen LogP contribution in [0.4, 0.5) is 0 Å². The summed E-state index contributed by atoms with van der Waals surface area (Å²) in [7, 11) is 0. The topological polar surface area (TPSA) is 95.6 Å². The summed E-state index contributed by atoms with van der Waals surface area (Å²) < 4.78 is 0. The van der Waals surface area contributed by atoms with Gasteiger partial charge >= 0.3 is 0 Å². The number of benzene rings is 1. The minimum Gasteiger partial charge on any atom is -0.313 e. The fourth-order valence-electron chi connectivity index (χ4n) is 3.56. The van der Waals surface area contributed by atoms with Crippen LogP contribution in [-0.4, -0.2) is 47.7 Å². The summed E-state index contributed by atoms with van der Waals surface area (Å²) in [5.41, 5.74) is 2.70. The van der Waals surface area contributed by atoms with Crippen LogP contribution in [0, 0.1) is 0 Å². The largest absolute Gasteiger partial charge is 0.313 e. The normalized spacial score (nSPS) is 23.4. The second-order valence-corrected chi connectivity index (χ2v) is 6.39. The maximum Gasteiger partial charge on any atom is 0.262 e. The minimum absolute atomic E-state index is 0.120. The maximum atomic E-state index is 12.8. The van der Waals surface area contributed by atoms with E-state index in [2.05, 4.69) is 16.7 Å².